The second-order valence-electron chi connectivity index (χ2n) is 6.16. The largest absolute Gasteiger partial charge is 0.347 e. The van der Waals surface area contributed by atoms with Crippen LogP contribution in [0, 0.1) is 0 Å². The van der Waals surface area contributed by atoms with Crippen LogP contribution in [0.1, 0.15) is 44.1 Å². The molecule has 1 aliphatic carbocycles. The summed E-state index contributed by atoms with van der Waals surface area (Å²) in [6, 6.07) is 9.69. The molecule has 0 bridgehead atoms. The molecule has 0 unspecified atom stereocenters. The number of hydrogen-bond donors (Lipinski definition) is 1. The molecule has 0 aliphatic heterocycles. The van der Waals surface area contributed by atoms with Gasteiger partial charge in [-0.05, 0) is 49.1 Å². The van der Waals surface area contributed by atoms with Gasteiger partial charge in [-0.3, -0.25) is 0 Å². The third kappa shape index (κ3) is 3.76. The first-order valence-corrected chi connectivity index (χ1v) is 8.29. The molecule has 1 saturated carbocycles. The Labute approximate surface area is 127 Å². The van der Waals surface area contributed by atoms with E-state index in [1.807, 2.05) is 6.08 Å². The summed E-state index contributed by atoms with van der Waals surface area (Å²) in [7, 11) is 0. The number of fused-ring (bicyclic) bond motifs is 1. The van der Waals surface area contributed by atoms with Gasteiger partial charge < -0.3 is 9.88 Å². The van der Waals surface area contributed by atoms with Gasteiger partial charge in [0.05, 0.1) is 5.52 Å². The fraction of sp³-hybridized carbons (Fsp3) is 0.474. The van der Waals surface area contributed by atoms with Crippen LogP contribution in [0.4, 0.5) is 0 Å². The molecule has 0 radical (unpaired) electrons. The van der Waals surface area contributed by atoms with Crippen molar-refractivity contribution < 1.29 is 0 Å². The molecule has 1 aliphatic rings. The fourth-order valence-corrected chi connectivity index (χ4v) is 2.96. The molecule has 0 atom stereocenters. The molecule has 1 heterocycles. The molecule has 21 heavy (non-hydrogen) atoms. The van der Waals surface area contributed by atoms with Gasteiger partial charge in [-0.15, -0.1) is 6.58 Å². The minimum Gasteiger partial charge on any atom is -0.347 e. The van der Waals surface area contributed by atoms with Crippen molar-refractivity contribution in [1.29, 1.82) is 0 Å². The summed E-state index contributed by atoms with van der Waals surface area (Å²) in [6.07, 6.45) is 11.9. The Balaban J connectivity index is 1.67. The lowest BCUT2D eigenvalue weighted by atomic mass is 10.1. The van der Waals surface area contributed by atoms with Crippen LogP contribution in [-0.2, 0) is 13.1 Å². The van der Waals surface area contributed by atoms with Crippen LogP contribution in [0.25, 0.3) is 10.9 Å². The first kappa shape index (κ1) is 14.4. The Morgan fingerprint density at radius 1 is 1.19 bits per heavy atom. The highest BCUT2D eigenvalue weighted by Crippen LogP contribution is 2.24. The summed E-state index contributed by atoms with van der Waals surface area (Å²) in [5, 5.41) is 5.01. The summed E-state index contributed by atoms with van der Waals surface area (Å²) in [5.41, 5.74) is 2.87. The molecule has 0 saturated heterocycles. The number of allylic oxidation sites excluding steroid dienone is 1. The number of rotatable bonds is 9. The summed E-state index contributed by atoms with van der Waals surface area (Å²) < 4.78 is 2.44. The number of aromatic nitrogens is 1. The molecule has 112 valence electrons. The van der Waals surface area contributed by atoms with Crippen molar-refractivity contribution in [3.05, 3.63) is 48.7 Å². The van der Waals surface area contributed by atoms with E-state index in [2.05, 4.69) is 46.9 Å². The molecular weight excluding hydrogens is 256 g/mol. The highest BCUT2D eigenvalue weighted by atomic mass is 15.0. The smallest absolute Gasteiger partial charge is 0.0525 e. The number of nitrogens with zero attached hydrogens (tertiary/aromatic N) is 1. The van der Waals surface area contributed by atoms with E-state index in [9.17, 15) is 0 Å². The lowest BCUT2D eigenvalue weighted by Crippen LogP contribution is -2.16. The fourth-order valence-electron chi connectivity index (χ4n) is 2.96. The van der Waals surface area contributed by atoms with Gasteiger partial charge in [0.2, 0.25) is 0 Å². The Bertz CT molecular complexity index is 593. The maximum atomic E-state index is 3.79. The van der Waals surface area contributed by atoms with Crippen LogP contribution >= 0.6 is 0 Å². The number of benzene rings is 1. The number of unbranched alkanes of at least 4 members (excludes halogenated alkanes) is 3. The molecular formula is C19H26N2. The third-order valence-corrected chi connectivity index (χ3v) is 4.34. The molecule has 1 aromatic heterocycles. The van der Waals surface area contributed by atoms with Crippen molar-refractivity contribution in [3.63, 3.8) is 0 Å². The second kappa shape index (κ2) is 6.95. The van der Waals surface area contributed by atoms with Crippen LogP contribution in [0.2, 0.25) is 0 Å². The highest BCUT2D eigenvalue weighted by Gasteiger charge is 2.20. The molecule has 1 N–H and O–H groups in total. The standard InChI is InChI=1S/C19H26N2/c1-2-3-4-5-6-13-21-14-12-16-8-7-9-17(19(16)21)15-20-18-10-11-18/h2,7-9,12,14,18,20H,1,3-6,10-11,13,15H2. The van der Waals surface area contributed by atoms with Crippen molar-refractivity contribution >= 4 is 10.9 Å². The van der Waals surface area contributed by atoms with E-state index < -0.39 is 0 Å². The summed E-state index contributed by atoms with van der Waals surface area (Å²) in [6.45, 7) is 5.92. The number of nitrogens with one attached hydrogen (secondary N) is 1. The predicted octanol–water partition coefficient (Wildman–Crippen LogP) is 4.64. The highest BCUT2D eigenvalue weighted by molar-refractivity contribution is 5.83. The number of para-hydroxylation sites is 1. The third-order valence-electron chi connectivity index (χ3n) is 4.34. The van der Waals surface area contributed by atoms with Crippen molar-refractivity contribution in [3.8, 4) is 0 Å². The van der Waals surface area contributed by atoms with E-state index in [0.717, 1.165) is 25.6 Å². The minimum atomic E-state index is 0.766. The van der Waals surface area contributed by atoms with Gasteiger partial charge >= 0.3 is 0 Å². The summed E-state index contributed by atoms with van der Waals surface area (Å²) in [5.74, 6) is 0. The van der Waals surface area contributed by atoms with E-state index in [-0.39, 0.29) is 0 Å². The normalized spacial score (nSPS) is 14.7. The Morgan fingerprint density at radius 3 is 2.90 bits per heavy atom. The van der Waals surface area contributed by atoms with Crippen molar-refractivity contribution in [2.45, 2.75) is 57.7 Å². The zero-order valence-corrected chi connectivity index (χ0v) is 12.9. The van der Waals surface area contributed by atoms with Gasteiger partial charge in [0.1, 0.15) is 0 Å². The molecule has 2 heteroatoms. The van der Waals surface area contributed by atoms with E-state index in [4.69, 9.17) is 0 Å². The first-order chi connectivity index (χ1) is 10.4. The lowest BCUT2D eigenvalue weighted by molar-refractivity contribution is 0.600. The Morgan fingerprint density at radius 2 is 2.10 bits per heavy atom. The second-order valence-corrected chi connectivity index (χ2v) is 6.16. The zero-order valence-electron chi connectivity index (χ0n) is 12.9. The summed E-state index contributed by atoms with van der Waals surface area (Å²) in [4.78, 5) is 0. The molecule has 1 fully saturated rings. The van der Waals surface area contributed by atoms with Crippen LogP contribution < -0.4 is 5.32 Å². The topological polar surface area (TPSA) is 17.0 Å². The monoisotopic (exact) mass is 282 g/mol. The van der Waals surface area contributed by atoms with Crippen molar-refractivity contribution in [2.24, 2.45) is 0 Å². The van der Waals surface area contributed by atoms with Crippen LogP contribution in [0.5, 0.6) is 0 Å². The van der Waals surface area contributed by atoms with Gasteiger partial charge in [0.15, 0.2) is 0 Å². The minimum absolute atomic E-state index is 0.766. The van der Waals surface area contributed by atoms with Crippen LogP contribution in [-0.4, -0.2) is 10.6 Å². The molecule has 2 nitrogen and oxygen atoms in total. The van der Waals surface area contributed by atoms with Gasteiger partial charge in [0.25, 0.3) is 0 Å². The SMILES string of the molecule is C=CCCCCCn1ccc2cccc(CNC3CC3)c21. The molecule has 0 spiro atoms. The van der Waals surface area contributed by atoms with E-state index in [0.29, 0.717) is 0 Å². The molecule has 2 aromatic rings. The Kier molecular flexibility index (Phi) is 4.76. The van der Waals surface area contributed by atoms with E-state index >= 15 is 0 Å². The maximum absolute atomic E-state index is 3.79. The average Bonchev–Trinajstić information content (AvgIpc) is 3.24. The predicted molar refractivity (Wildman–Crippen MR) is 90.5 cm³/mol. The van der Waals surface area contributed by atoms with Gasteiger partial charge in [-0.1, -0.05) is 30.7 Å². The van der Waals surface area contributed by atoms with Crippen molar-refractivity contribution in [1.82, 2.24) is 9.88 Å². The molecule has 0 amide bonds. The van der Waals surface area contributed by atoms with E-state index in [1.54, 1.807) is 0 Å². The number of aryl methyl sites for hydroxylation is 1. The molecule has 3 rings (SSSR count). The quantitative estimate of drug-likeness (QED) is 0.524. The van der Waals surface area contributed by atoms with Gasteiger partial charge in [-0.2, -0.15) is 0 Å². The zero-order chi connectivity index (χ0) is 14.5. The molecule has 1 aromatic carbocycles. The van der Waals surface area contributed by atoms with Gasteiger partial charge in [0, 0.05) is 25.3 Å². The van der Waals surface area contributed by atoms with Crippen LogP contribution in [0.15, 0.2) is 43.1 Å². The average molecular weight is 282 g/mol. The maximum Gasteiger partial charge on any atom is 0.0525 e. The summed E-state index contributed by atoms with van der Waals surface area (Å²) >= 11 is 0. The van der Waals surface area contributed by atoms with Crippen LogP contribution in [0.3, 0.4) is 0 Å². The lowest BCUT2D eigenvalue weighted by Gasteiger charge is -2.10. The van der Waals surface area contributed by atoms with Gasteiger partial charge in [-0.25, -0.2) is 0 Å². The first-order valence-electron chi connectivity index (χ1n) is 8.29. The van der Waals surface area contributed by atoms with E-state index in [1.165, 1.54) is 48.6 Å². The Hall–Kier alpha value is -1.54. The number of hydrogen-bond acceptors (Lipinski definition) is 1. The van der Waals surface area contributed by atoms with Crippen molar-refractivity contribution in [2.75, 3.05) is 0 Å².